The number of rotatable bonds is 2. The predicted molar refractivity (Wildman–Crippen MR) is 97.8 cm³/mol. The summed E-state index contributed by atoms with van der Waals surface area (Å²) in [4.78, 5) is 30.7. The van der Waals surface area contributed by atoms with Crippen molar-refractivity contribution in [3.05, 3.63) is 39.2 Å². The quantitative estimate of drug-likeness (QED) is 0.791. The Bertz CT molecular complexity index is 723. The standard InChI is InChI=1S/C16H15Cl2N3O2S/c17-10-5-4-6-11(18)14(10)19-16-20-15(23)12(24-16)9-13(22)21-7-2-1-3-8-21/h4-6,9H,1-3,7-8H2,(H,19,20,23)/b12-9+. The van der Waals surface area contributed by atoms with Gasteiger partial charge in [-0.2, -0.15) is 0 Å². The number of hydrogen-bond donors (Lipinski definition) is 1. The van der Waals surface area contributed by atoms with Crippen LogP contribution in [0.3, 0.4) is 0 Å². The number of likely N-dealkylation sites (tertiary alicyclic amines) is 1. The van der Waals surface area contributed by atoms with Crippen molar-refractivity contribution < 1.29 is 9.59 Å². The Kier molecular flexibility index (Phi) is 5.48. The van der Waals surface area contributed by atoms with E-state index in [1.807, 2.05) is 0 Å². The largest absolute Gasteiger partial charge is 0.339 e. The van der Waals surface area contributed by atoms with E-state index in [1.54, 1.807) is 23.1 Å². The lowest BCUT2D eigenvalue weighted by Crippen LogP contribution is -2.34. The van der Waals surface area contributed by atoms with Crippen LogP contribution in [0.25, 0.3) is 0 Å². The molecule has 24 heavy (non-hydrogen) atoms. The number of amides is 2. The number of benzene rings is 1. The molecule has 126 valence electrons. The number of hydrogen-bond acceptors (Lipinski definition) is 4. The van der Waals surface area contributed by atoms with E-state index < -0.39 is 0 Å². The fourth-order valence-corrected chi connectivity index (χ4v) is 3.77. The number of piperidine rings is 1. The number of para-hydroxylation sites is 1. The molecule has 1 aromatic carbocycles. The molecule has 0 bridgehead atoms. The molecule has 1 aromatic rings. The van der Waals surface area contributed by atoms with E-state index in [0.717, 1.165) is 44.1 Å². The van der Waals surface area contributed by atoms with Crippen molar-refractivity contribution in [3.63, 3.8) is 0 Å². The van der Waals surface area contributed by atoms with Gasteiger partial charge in [0.05, 0.1) is 15.0 Å². The molecule has 0 spiro atoms. The summed E-state index contributed by atoms with van der Waals surface area (Å²) in [5, 5.41) is 3.78. The van der Waals surface area contributed by atoms with Gasteiger partial charge >= 0.3 is 0 Å². The van der Waals surface area contributed by atoms with Crippen LogP contribution in [0.4, 0.5) is 5.69 Å². The van der Waals surface area contributed by atoms with Crippen molar-refractivity contribution in [2.24, 2.45) is 4.99 Å². The molecule has 3 rings (SSSR count). The van der Waals surface area contributed by atoms with Crippen molar-refractivity contribution >= 4 is 57.6 Å². The van der Waals surface area contributed by atoms with Gasteiger partial charge in [-0.1, -0.05) is 29.3 Å². The van der Waals surface area contributed by atoms with Gasteiger partial charge in [0.1, 0.15) is 5.69 Å². The Labute approximate surface area is 154 Å². The maximum absolute atomic E-state index is 12.2. The first kappa shape index (κ1) is 17.3. The number of carbonyl (C=O) groups excluding carboxylic acids is 2. The fraction of sp³-hybridized carbons (Fsp3) is 0.312. The molecule has 2 saturated heterocycles. The van der Waals surface area contributed by atoms with Crippen LogP contribution in [-0.2, 0) is 9.59 Å². The summed E-state index contributed by atoms with van der Waals surface area (Å²) in [7, 11) is 0. The van der Waals surface area contributed by atoms with Crippen LogP contribution in [0.5, 0.6) is 0 Å². The Morgan fingerprint density at radius 3 is 2.54 bits per heavy atom. The monoisotopic (exact) mass is 383 g/mol. The van der Waals surface area contributed by atoms with Crippen molar-refractivity contribution in [2.45, 2.75) is 19.3 Å². The van der Waals surface area contributed by atoms with Crippen LogP contribution in [0.2, 0.25) is 10.0 Å². The van der Waals surface area contributed by atoms with Crippen molar-refractivity contribution in [1.82, 2.24) is 10.2 Å². The second kappa shape index (κ2) is 7.59. The van der Waals surface area contributed by atoms with Gasteiger partial charge < -0.3 is 10.2 Å². The summed E-state index contributed by atoms with van der Waals surface area (Å²) < 4.78 is 0. The molecule has 0 saturated carbocycles. The van der Waals surface area contributed by atoms with E-state index in [9.17, 15) is 9.59 Å². The molecule has 0 atom stereocenters. The van der Waals surface area contributed by atoms with Crippen LogP contribution >= 0.6 is 35.0 Å². The molecule has 0 aliphatic carbocycles. The highest BCUT2D eigenvalue weighted by atomic mass is 35.5. The van der Waals surface area contributed by atoms with Gasteiger partial charge in [0, 0.05) is 19.2 Å². The number of halogens is 2. The normalized spacial score (nSPS) is 21.4. The molecule has 2 aliphatic rings. The minimum absolute atomic E-state index is 0.135. The summed E-state index contributed by atoms with van der Waals surface area (Å²) in [6, 6.07) is 5.06. The SMILES string of the molecule is O=C1NC(=Nc2c(Cl)cccc2Cl)S/C1=C/C(=O)N1CCCCC1. The summed E-state index contributed by atoms with van der Waals surface area (Å²) in [6.45, 7) is 1.48. The Hall–Kier alpha value is -1.50. The van der Waals surface area contributed by atoms with Gasteiger partial charge in [-0.05, 0) is 43.2 Å². The highest BCUT2D eigenvalue weighted by Gasteiger charge is 2.26. The van der Waals surface area contributed by atoms with E-state index >= 15 is 0 Å². The summed E-state index contributed by atoms with van der Waals surface area (Å²) in [5.41, 5.74) is 0.396. The third-order valence-corrected chi connectivity index (χ3v) is 5.24. The topological polar surface area (TPSA) is 61.8 Å². The lowest BCUT2D eigenvalue weighted by Gasteiger charge is -2.25. The molecule has 0 unspecified atom stereocenters. The Morgan fingerprint density at radius 2 is 1.88 bits per heavy atom. The molecule has 0 radical (unpaired) electrons. The van der Waals surface area contributed by atoms with Gasteiger partial charge in [0.15, 0.2) is 5.17 Å². The molecule has 5 nitrogen and oxygen atoms in total. The average molecular weight is 384 g/mol. The van der Waals surface area contributed by atoms with Crippen molar-refractivity contribution in [2.75, 3.05) is 13.1 Å². The molecule has 2 aliphatic heterocycles. The number of amidine groups is 1. The zero-order valence-corrected chi connectivity index (χ0v) is 15.0. The fourth-order valence-electron chi connectivity index (χ4n) is 2.50. The average Bonchev–Trinajstić information content (AvgIpc) is 2.91. The van der Waals surface area contributed by atoms with Crippen LogP contribution in [0.15, 0.2) is 34.2 Å². The molecule has 0 aromatic heterocycles. The first-order valence-electron chi connectivity index (χ1n) is 7.57. The highest BCUT2D eigenvalue weighted by molar-refractivity contribution is 8.18. The molecular weight excluding hydrogens is 369 g/mol. The Balaban J connectivity index is 1.77. The second-order valence-corrected chi connectivity index (χ2v) is 7.28. The highest BCUT2D eigenvalue weighted by Crippen LogP contribution is 2.35. The second-order valence-electron chi connectivity index (χ2n) is 5.44. The number of nitrogens with one attached hydrogen (secondary N) is 1. The minimum atomic E-state index is -0.340. The lowest BCUT2D eigenvalue weighted by atomic mass is 10.1. The van der Waals surface area contributed by atoms with Crippen molar-refractivity contribution in [1.29, 1.82) is 0 Å². The van der Waals surface area contributed by atoms with Gasteiger partial charge in [-0.3, -0.25) is 9.59 Å². The predicted octanol–water partition coefficient (Wildman–Crippen LogP) is 3.74. The van der Waals surface area contributed by atoms with Crippen molar-refractivity contribution in [3.8, 4) is 0 Å². The Morgan fingerprint density at radius 1 is 1.21 bits per heavy atom. The maximum Gasteiger partial charge on any atom is 0.264 e. The molecular formula is C16H15Cl2N3O2S. The van der Waals surface area contributed by atoms with E-state index in [0.29, 0.717) is 25.8 Å². The first-order valence-corrected chi connectivity index (χ1v) is 9.14. The molecule has 2 fully saturated rings. The van der Waals surface area contributed by atoms with Gasteiger partial charge in [-0.15, -0.1) is 0 Å². The number of carbonyl (C=O) groups is 2. The van der Waals surface area contributed by atoms with Crippen LogP contribution in [-0.4, -0.2) is 35.0 Å². The van der Waals surface area contributed by atoms with E-state index in [4.69, 9.17) is 23.2 Å². The number of thioether (sulfide) groups is 1. The van der Waals surface area contributed by atoms with Crippen LogP contribution < -0.4 is 5.32 Å². The van der Waals surface area contributed by atoms with Crippen LogP contribution in [0.1, 0.15) is 19.3 Å². The van der Waals surface area contributed by atoms with Crippen LogP contribution in [0, 0.1) is 0 Å². The smallest absolute Gasteiger partial charge is 0.264 e. The van der Waals surface area contributed by atoms with E-state index in [2.05, 4.69) is 10.3 Å². The van der Waals surface area contributed by atoms with Gasteiger partial charge in [-0.25, -0.2) is 4.99 Å². The molecule has 2 amide bonds. The first-order chi connectivity index (χ1) is 11.5. The summed E-state index contributed by atoms with van der Waals surface area (Å²) in [6.07, 6.45) is 4.53. The zero-order chi connectivity index (χ0) is 17.1. The zero-order valence-electron chi connectivity index (χ0n) is 12.7. The molecule has 2 heterocycles. The summed E-state index contributed by atoms with van der Waals surface area (Å²) in [5.74, 6) is -0.475. The number of aliphatic imine (C=N–C) groups is 1. The minimum Gasteiger partial charge on any atom is -0.339 e. The lowest BCUT2D eigenvalue weighted by molar-refractivity contribution is -0.127. The van der Waals surface area contributed by atoms with E-state index in [-0.39, 0.29) is 11.8 Å². The molecule has 8 heteroatoms. The third-order valence-electron chi connectivity index (χ3n) is 3.72. The third kappa shape index (κ3) is 3.94. The summed E-state index contributed by atoms with van der Waals surface area (Å²) >= 11 is 13.3. The number of nitrogens with zero attached hydrogens (tertiary/aromatic N) is 2. The maximum atomic E-state index is 12.2. The van der Waals surface area contributed by atoms with Gasteiger partial charge in [0.25, 0.3) is 5.91 Å². The van der Waals surface area contributed by atoms with Gasteiger partial charge in [0.2, 0.25) is 5.91 Å². The molecule has 1 N–H and O–H groups in total. The van der Waals surface area contributed by atoms with E-state index in [1.165, 1.54) is 6.08 Å².